The number of aliphatic hydroxyl groups excluding tert-OH is 1. The average molecular weight is 410 g/mol. The zero-order valence-electron chi connectivity index (χ0n) is 16.7. The van der Waals surface area contributed by atoms with Gasteiger partial charge in [-0.1, -0.05) is 12.1 Å². The second-order valence-corrected chi connectivity index (χ2v) is 7.46. The molecule has 8 nitrogen and oxygen atoms in total. The van der Waals surface area contributed by atoms with Crippen LogP contribution in [-0.2, 0) is 9.59 Å². The van der Waals surface area contributed by atoms with Crippen LogP contribution in [0.15, 0.2) is 48.0 Å². The lowest BCUT2D eigenvalue weighted by Gasteiger charge is -2.26. The Labute approximate surface area is 173 Å². The molecule has 2 aromatic carbocycles. The molecule has 2 aliphatic heterocycles. The number of phenols is 1. The van der Waals surface area contributed by atoms with Crippen molar-refractivity contribution in [3.05, 3.63) is 59.2 Å². The van der Waals surface area contributed by atoms with Crippen molar-refractivity contribution in [3.63, 3.8) is 0 Å². The number of hydrogen-bond donors (Lipinski definition) is 2. The molecule has 0 bridgehead atoms. The minimum absolute atomic E-state index is 0.00813. The maximum absolute atomic E-state index is 12.9. The van der Waals surface area contributed by atoms with E-state index in [-0.39, 0.29) is 30.4 Å². The summed E-state index contributed by atoms with van der Waals surface area (Å²) in [6.45, 7) is 0.903. The Morgan fingerprint density at radius 1 is 1.13 bits per heavy atom. The maximum Gasteiger partial charge on any atom is 0.295 e. The van der Waals surface area contributed by atoms with Crippen LogP contribution in [0.4, 0.5) is 0 Å². The lowest BCUT2D eigenvalue weighted by atomic mass is 9.95. The Kier molecular flexibility index (Phi) is 5.09. The van der Waals surface area contributed by atoms with Gasteiger partial charge < -0.3 is 29.5 Å². The second-order valence-electron chi connectivity index (χ2n) is 7.46. The molecule has 1 fully saturated rings. The zero-order chi connectivity index (χ0) is 21.4. The predicted molar refractivity (Wildman–Crippen MR) is 108 cm³/mol. The molecular formula is C22H22N2O6. The first-order chi connectivity index (χ1) is 14.4. The van der Waals surface area contributed by atoms with Crippen molar-refractivity contribution in [3.8, 4) is 17.2 Å². The number of amides is 1. The Balaban J connectivity index is 1.83. The van der Waals surface area contributed by atoms with E-state index in [1.807, 2.05) is 19.0 Å². The number of benzene rings is 2. The number of likely N-dealkylation sites (tertiary alicyclic amines) is 1. The van der Waals surface area contributed by atoms with Gasteiger partial charge in [0.05, 0.1) is 11.6 Å². The fourth-order valence-corrected chi connectivity index (χ4v) is 3.66. The molecule has 0 aliphatic carbocycles. The summed E-state index contributed by atoms with van der Waals surface area (Å²) in [6, 6.07) is 10.4. The van der Waals surface area contributed by atoms with Gasteiger partial charge in [0.2, 0.25) is 6.79 Å². The predicted octanol–water partition coefficient (Wildman–Crippen LogP) is 2.10. The van der Waals surface area contributed by atoms with E-state index in [1.54, 1.807) is 30.3 Å². The first-order valence-electron chi connectivity index (χ1n) is 9.49. The SMILES string of the molecule is CN(C)CCN1C(=O)C(=O)/C(=C(\O)c2ccc3c(c2)OCO3)C1c1cccc(O)c1. The van der Waals surface area contributed by atoms with Gasteiger partial charge in [-0.2, -0.15) is 0 Å². The van der Waals surface area contributed by atoms with Crippen LogP contribution in [0.5, 0.6) is 17.2 Å². The Morgan fingerprint density at radius 3 is 2.63 bits per heavy atom. The van der Waals surface area contributed by atoms with E-state index in [9.17, 15) is 19.8 Å². The molecular weight excluding hydrogens is 388 g/mol. The van der Waals surface area contributed by atoms with E-state index in [1.165, 1.54) is 17.0 Å². The van der Waals surface area contributed by atoms with E-state index in [2.05, 4.69) is 0 Å². The largest absolute Gasteiger partial charge is 0.508 e. The van der Waals surface area contributed by atoms with Crippen LogP contribution in [0.2, 0.25) is 0 Å². The van der Waals surface area contributed by atoms with E-state index in [0.29, 0.717) is 29.2 Å². The molecule has 2 aliphatic rings. The maximum atomic E-state index is 12.9. The van der Waals surface area contributed by atoms with Crippen LogP contribution >= 0.6 is 0 Å². The van der Waals surface area contributed by atoms with Gasteiger partial charge >= 0.3 is 0 Å². The van der Waals surface area contributed by atoms with Gasteiger partial charge in [-0.05, 0) is 50.0 Å². The lowest BCUT2D eigenvalue weighted by molar-refractivity contribution is -0.140. The summed E-state index contributed by atoms with van der Waals surface area (Å²) in [5, 5.41) is 21.0. The number of aliphatic hydroxyl groups is 1. The molecule has 8 heteroatoms. The minimum atomic E-state index is -0.817. The number of Topliss-reactive ketones (excluding diaryl/α,β-unsaturated/α-hetero) is 1. The van der Waals surface area contributed by atoms with Gasteiger partial charge in [-0.15, -0.1) is 0 Å². The highest BCUT2D eigenvalue weighted by Crippen LogP contribution is 2.41. The molecule has 1 atom stereocenters. The Hall–Kier alpha value is -3.52. The first-order valence-corrected chi connectivity index (χ1v) is 9.49. The third-order valence-corrected chi connectivity index (χ3v) is 5.16. The highest BCUT2D eigenvalue weighted by atomic mass is 16.7. The molecule has 0 aromatic heterocycles. The summed E-state index contributed by atoms with van der Waals surface area (Å²) in [7, 11) is 3.74. The summed E-state index contributed by atoms with van der Waals surface area (Å²) < 4.78 is 10.6. The Bertz CT molecular complexity index is 1050. The van der Waals surface area contributed by atoms with Crippen LogP contribution in [0.1, 0.15) is 17.2 Å². The minimum Gasteiger partial charge on any atom is -0.508 e. The van der Waals surface area contributed by atoms with Crippen LogP contribution in [0, 0.1) is 0 Å². The quantitative estimate of drug-likeness (QED) is 0.442. The average Bonchev–Trinajstić information content (AvgIpc) is 3.28. The Morgan fingerprint density at radius 2 is 1.90 bits per heavy atom. The molecule has 1 amide bonds. The highest BCUT2D eigenvalue weighted by Gasteiger charge is 2.46. The summed E-state index contributed by atoms with van der Waals surface area (Å²) in [5.41, 5.74) is 0.855. The molecule has 2 aromatic rings. The summed E-state index contributed by atoms with van der Waals surface area (Å²) in [4.78, 5) is 29.1. The zero-order valence-corrected chi connectivity index (χ0v) is 16.7. The van der Waals surface area contributed by atoms with Crippen LogP contribution < -0.4 is 9.47 Å². The van der Waals surface area contributed by atoms with Crippen molar-refractivity contribution in [2.45, 2.75) is 6.04 Å². The number of aromatic hydroxyl groups is 1. The molecule has 4 rings (SSSR count). The standard InChI is InChI=1S/C22H22N2O6/c1-23(2)8-9-24-19(13-4-3-5-15(25)10-13)18(21(27)22(24)28)20(26)14-6-7-16-17(11-14)30-12-29-16/h3-7,10-11,19,25-26H,8-9,12H2,1-2H3/b20-18-. The second kappa shape index (κ2) is 7.72. The van der Waals surface area contributed by atoms with Crippen molar-refractivity contribution in [2.75, 3.05) is 34.0 Å². The number of fused-ring (bicyclic) bond motifs is 1. The topological polar surface area (TPSA) is 99.5 Å². The third kappa shape index (κ3) is 3.46. The van der Waals surface area contributed by atoms with Gasteiger partial charge in [-0.3, -0.25) is 9.59 Å². The van der Waals surface area contributed by atoms with Crippen molar-refractivity contribution in [1.29, 1.82) is 0 Å². The number of phenolic OH excluding ortho intramolecular Hbond substituents is 1. The van der Waals surface area contributed by atoms with Gasteiger partial charge in [-0.25, -0.2) is 0 Å². The molecule has 0 saturated carbocycles. The smallest absolute Gasteiger partial charge is 0.295 e. The van der Waals surface area contributed by atoms with Crippen LogP contribution in [0.3, 0.4) is 0 Å². The van der Waals surface area contributed by atoms with Gasteiger partial charge in [0.15, 0.2) is 11.5 Å². The van der Waals surface area contributed by atoms with Gasteiger partial charge in [0.1, 0.15) is 11.5 Å². The van der Waals surface area contributed by atoms with Gasteiger partial charge in [0.25, 0.3) is 11.7 Å². The van der Waals surface area contributed by atoms with E-state index >= 15 is 0 Å². The number of rotatable bonds is 5. The van der Waals surface area contributed by atoms with Crippen molar-refractivity contribution >= 4 is 17.4 Å². The number of hydrogen-bond acceptors (Lipinski definition) is 7. The molecule has 0 spiro atoms. The van der Waals surface area contributed by atoms with E-state index in [4.69, 9.17) is 9.47 Å². The molecule has 156 valence electrons. The summed E-state index contributed by atoms with van der Waals surface area (Å²) >= 11 is 0. The first kappa shape index (κ1) is 19.8. The number of likely N-dealkylation sites (N-methyl/N-ethyl adjacent to an activating group) is 1. The van der Waals surface area contributed by atoms with Crippen LogP contribution in [-0.4, -0.2) is 65.7 Å². The molecule has 30 heavy (non-hydrogen) atoms. The van der Waals surface area contributed by atoms with Crippen molar-refractivity contribution in [1.82, 2.24) is 9.80 Å². The molecule has 1 unspecified atom stereocenters. The molecule has 1 saturated heterocycles. The number of nitrogens with zero attached hydrogens (tertiary/aromatic N) is 2. The van der Waals surface area contributed by atoms with Crippen molar-refractivity contribution < 1.29 is 29.3 Å². The molecule has 2 N–H and O–H groups in total. The number of ether oxygens (including phenoxy) is 2. The molecule has 0 radical (unpaired) electrons. The molecule has 2 heterocycles. The van der Waals surface area contributed by atoms with Gasteiger partial charge in [0, 0.05) is 18.7 Å². The normalized spacial score (nSPS) is 19.7. The highest BCUT2D eigenvalue weighted by molar-refractivity contribution is 6.46. The number of carbonyl (C=O) groups is 2. The summed E-state index contributed by atoms with van der Waals surface area (Å²) in [5.74, 6) is -0.747. The number of ketones is 1. The van der Waals surface area contributed by atoms with E-state index < -0.39 is 17.7 Å². The monoisotopic (exact) mass is 410 g/mol. The van der Waals surface area contributed by atoms with E-state index in [0.717, 1.165) is 0 Å². The summed E-state index contributed by atoms with van der Waals surface area (Å²) in [6.07, 6.45) is 0. The lowest BCUT2D eigenvalue weighted by Crippen LogP contribution is -2.35. The van der Waals surface area contributed by atoms with Crippen LogP contribution in [0.25, 0.3) is 5.76 Å². The number of carbonyl (C=O) groups excluding carboxylic acids is 2. The third-order valence-electron chi connectivity index (χ3n) is 5.16. The fourth-order valence-electron chi connectivity index (χ4n) is 3.66. The fraction of sp³-hybridized carbons (Fsp3) is 0.273. The van der Waals surface area contributed by atoms with Crippen molar-refractivity contribution in [2.24, 2.45) is 0 Å².